The van der Waals surface area contributed by atoms with Crippen LogP contribution in [0.1, 0.15) is 35.7 Å². The van der Waals surface area contributed by atoms with E-state index in [1.54, 1.807) is 7.11 Å². The normalized spacial score (nSPS) is 10.8. The first kappa shape index (κ1) is 20.1. The zero-order valence-electron chi connectivity index (χ0n) is 16.5. The van der Waals surface area contributed by atoms with Gasteiger partial charge in [-0.05, 0) is 30.5 Å². The van der Waals surface area contributed by atoms with Gasteiger partial charge in [0.05, 0.1) is 18.4 Å². The van der Waals surface area contributed by atoms with Crippen molar-refractivity contribution in [3.8, 4) is 17.1 Å². The Balaban J connectivity index is 1.66. The SMILES string of the molecule is CCCCc1ccc(C(=O)CSc2nnc(-c3ccccc3OC)n2C)cc1. The second-order valence-corrected chi connectivity index (χ2v) is 7.52. The maximum Gasteiger partial charge on any atom is 0.191 e. The van der Waals surface area contributed by atoms with Gasteiger partial charge in [0.25, 0.3) is 0 Å². The molecule has 0 bridgehead atoms. The topological polar surface area (TPSA) is 57.0 Å². The molecule has 3 rings (SSSR count). The van der Waals surface area contributed by atoms with Crippen LogP contribution in [-0.2, 0) is 13.5 Å². The largest absolute Gasteiger partial charge is 0.496 e. The molecule has 0 atom stereocenters. The van der Waals surface area contributed by atoms with Gasteiger partial charge in [-0.1, -0.05) is 61.5 Å². The first-order valence-electron chi connectivity index (χ1n) is 9.41. The van der Waals surface area contributed by atoms with E-state index >= 15 is 0 Å². The Morgan fingerprint density at radius 1 is 1.11 bits per heavy atom. The fraction of sp³-hybridized carbons (Fsp3) is 0.318. The molecule has 0 N–H and O–H groups in total. The number of carbonyl (C=O) groups excluding carboxylic acids is 1. The number of benzene rings is 2. The summed E-state index contributed by atoms with van der Waals surface area (Å²) in [6, 6.07) is 15.6. The lowest BCUT2D eigenvalue weighted by Crippen LogP contribution is -2.04. The molecule has 0 fully saturated rings. The molecule has 1 aromatic heterocycles. The van der Waals surface area contributed by atoms with Crippen LogP contribution in [-0.4, -0.2) is 33.4 Å². The number of para-hydroxylation sites is 1. The van der Waals surface area contributed by atoms with Gasteiger partial charge in [-0.3, -0.25) is 4.79 Å². The van der Waals surface area contributed by atoms with Gasteiger partial charge in [-0.15, -0.1) is 10.2 Å². The third-order valence-corrected chi connectivity index (χ3v) is 5.63. The van der Waals surface area contributed by atoms with Crippen LogP contribution < -0.4 is 4.74 Å². The number of unbranched alkanes of at least 4 members (excludes halogenated alkanes) is 1. The van der Waals surface area contributed by atoms with Crippen molar-refractivity contribution in [1.29, 1.82) is 0 Å². The molecule has 6 heteroatoms. The van der Waals surface area contributed by atoms with Crippen LogP contribution in [0.5, 0.6) is 5.75 Å². The molecule has 0 aliphatic heterocycles. The molecular weight excluding hydrogens is 370 g/mol. The monoisotopic (exact) mass is 395 g/mol. The quantitative estimate of drug-likeness (QED) is 0.384. The number of ether oxygens (including phenoxy) is 1. The van der Waals surface area contributed by atoms with E-state index in [4.69, 9.17) is 4.74 Å². The molecule has 0 unspecified atom stereocenters. The smallest absolute Gasteiger partial charge is 0.191 e. The fourth-order valence-electron chi connectivity index (χ4n) is 2.96. The molecule has 0 saturated carbocycles. The van der Waals surface area contributed by atoms with Crippen molar-refractivity contribution >= 4 is 17.5 Å². The molecule has 0 amide bonds. The number of carbonyl (C=O) groups is 1. The van der Waals surface area contributed by atoms with E-state index in [9.17, 15) is 4.79 Å². The highest BCUT2D eigenvalue weighted by atomic mass is 32.2. The molecule has 0 spiro atoms. The van der Waals surface area contributed by atoms with Gasteiger partial charge < -0.3 is 9.30 Å². The highest BCUT2D eigenvalue weighted by Gasteiger charge is 2.16. The number of thioether (sulfide) groups is 1. The minimum Gasteiger partial charge on any atom is -0.496 e. The average molecular weight is 396 g/mol. The number of ketones is 1. The first-order valence-corrected chi connectivity index (χ1v) is 10.4. The molecule has 5 nitrogen and oxygen atoms in total. The molecule has 2 aromatic carbocycles. The number of aryl methyl sites for hydroxylation is 1. The van der Waals surface area contributed by atoms with E-state index in [0.717, 1.165) is 23.3 Å². The summed E-state index contributed by atoms with van der Waals surface area (Å²) >= 11 is 1.40. The van der Waals surface area contributed by atoms with E-state index in [0.29, 0.717) is 16.7 Å². The van der Waals surface area contributed by atoms with Gasteiger partial charge in [-0.2, -0.15) is 0 Å². The van der Waals surface area contributed by atoms with Crippen molar-refractivity contribution in [2.24, 2.45) is 7.05 Å². The highest BCUT2D eigenvalue weighted by molar-refractivity contribution is 7.99. The molecule has 146 valence electrons. The Morgan fingerprint density at radius 2 is 1.86 bits per heavy atom. The van der Waals surface area contributed by atoms with E-state index < -0.39 is 0 Å². The number of methoxy groups -OCH3 is 1. The zero-order valence-corrected chi connectivity index (χ0v) is 17.3. The van der Waals surface area contributed by atoms with Gasteiger partial charge in [0.2, 0.25) is 0 Å². The third kappa shape index (κ3) is 4.62. The van der Waals surface area contributed by atoms with Crippen LogP contribution >= 0.6 is 11.8 Å². The third-order valence-electron chi connectivity index (χ3n) is 4.61. The number of nitrogens with zero attached hydrogens (tertiary/aromatic N) is 3. The van der Waals surface area contributed by atoms with Crippen LogP contribution in [0.4, 0.5) is 0 Å². The number of hydrogen-bond acceptors (Lipinski definition) is 5. The maximum atomic E-state index is 12.5. The summed E-state index contributed by atoms with van der Waals surface area (Å²) < 4.78 is 7.30. The maximum absolute atomic E-state index is 12.5. The lowest BCUT2D eigenvalue weighted by atomic mass is 10.1. The summed E-state index contributed by atoms with van der Waals surface area (Å²) in [5.74, 6) is 1.88. The van der Waals surface area contributed by atoms with Crippen molar-refractivity contribution in [2.75, 3.05) is 12.9 Å². The first-order chi connectivity index (χ1) is 13.6. The molecule has 0 aliphatic rings. The predicted octanol–water partition coefficient (Wildman–Crippen LogP) is 4.81. The van der Waals surface area contributed by atoms with Crippen LogP contribution in [0.15, 0.2) is 53.7 Å². The van der Waals surface area contributed by atoms with Crippen molar-refractivity contribution in [3.05, 3.63) is 59.7 Å². The Labute approximate surface area is 170 Å². The Bertz CT molecular complexity index is 935. The lowest BCUT2D eigenvalue weighted by Gasteiger charge is -2.08. The predicted molar refractivity (Wildman–Crippen MR) is 113 cm³/mol. The van der Waals surface area contributed by atoms with E-state index in [1.165, 1.54) is 30.2 Å². The second kappa shape index (κ2) is 9.55. The molecule has 0 saturated heterocycles. The van der Waals surface area contributed by atoms with E-state index in [2.05, 4.69) is 29.3 Å². The van der Waals surface area contributed by atoms with Crippen LogP contribution in [0.25, 0.3) is 11.4 Å². The average Bonchev–Trinajstić information content (AvgIpc) is 3.11. The number of hydrogen-bond donors (Lipinski definition) is 0. The summed E-state index contributed by atoms with van der Waals surface area (Å²) in [6.07, 6.45) is 3.40. The van der Waals surface area contributed by atoms with Gasteiger partial charge in [0.15, 0.2) is 16.8 Å². The van der Waals surface area contributed by atoms with Crippen molar-refractivity contribution < 1.29 is 9.53 Å². The molecule has 28 heavy (non-hydrogen) atoms. The summed E-state index contributed by atoms with van der Waals surface area (Å²) in [4.78, 5) is 12.5. The molecule has 3 aromatic rings. The number of rotatable bonds is 9. The summed E-state index contributed by atoms with van der Waals surface area (Å²) in [6.45, 7) is 2.18. The summed E-state index contributed by atoms with van der Waals surface area (Å²) in [5.41, 5.74) is 2.89. The second-order valence-electron chi connectivity index (χ2n) is 6.58. The van der Waals surface area contributed by atoms with Crippen molar-refractivity contribution in [3.63, 3.8) is 0 Å². The minimum absolute atomic E-state index is 0.0916. The van der Waals surface area contributed by atoms with Crippen molar-refractivity contribution in [2.45, 2.75) is 31.3 Å². The molecular formula is C22H25N3O2S. The van der Waals surface area contributed by atoms with Gasteiger partial charge in [0.1, 0.15) is 5.75 Å². The van der Waals surface area contributed by atoms with Crippen LogP contribution in [0.3, 0.4) is 0 Å². The van der Waals surface area contributed by atoms with Gasteiger partial charge in [-0.25, -0.2) is 0 Å². The Kier molecular flexibility index (Phi) is 6.87. The number of aromatic nitrogens is 3. The minimum atomic E-state index is 0.0916. The lowest BCUT2D eigenvalue weighted by molar-refractivity contribution is 0.102. The van der Waals surface area contributed by atoms with Crippen molar-refractivity contribution in [1.82, 2.24) is 14.8 Å². The number of Topliss-reactive ketones (excluding diaryl/α,β-unsaturated/α-hetero) is 1. The zero-order chi connectivity index (χ0) is 19.9. The standard InChI is InChI=1S/C22H25N3O2S/c1-4-5-8-16-11-13-17(14-12-16)19(26)15-28-22-24-23-21(25(22)2)18-9-6-7-10-20(18)27-3/h6-7,9-14H,4-5,8,15H2,1-3H3. The van der Waals surface area contributed by atoms with Gasteiger partial charge >= 0.3 is 0 Å². The fourth-order valence-corrected chi connectivity index (χ4v) is 3.76. The Hall–Kier alpha value is -2.60. The molecule has 1 heterocycles. The summed E-state index contributed by atoms with van der Waals surface area (Å²) in [5, 5.41) is 9.24. The van der Waals surface area contributed by atoms with Gasteiger partial charge in [0, 0.05) is 12.6 Å². The van der Waals surface area contributed by atoms with E-state index in [-0.39, 0.29) is 5.78 Å². The summed E-state index contributed by atoms with van der Waals surface area (Å²) in [7, 11) is 3.54. The molecule has 0 radical (unpaired) electrons. The highest BCUT2D eigenvalue weighted by Crippen LogP contribution is 2.30. The molecule has 0 aliphatic carbocycles. The van der Waals surface area contributed by atoms with Crippen LogP contribution in [0, 0.1) is 0 Å². The Morgan fingerprint density at radius 3 is 2.57 bits per heavy atom. The van der Waals surface area contributed by atoms with E-state index in [1.807, 2.05) is 48.0 Å². The van der Waals surface area contributed by atoms with Crippen LogP contribution in [0.2, 0.25) is 0 Å².